The van der Waals surface area contributed by atoms with Crippen molar-refractivity contribution in [1.29, 1.82) is 0 Å². The Morgan fingerprint density at radius 1 is 1.32 bits per heavy atom. The molecule has 0 amide bonds. The van der Waals surface area contributed by atoms with Crippen LogP contribution in [-0.2, 0) is 0 Å². The summed E-state index contributed by atoms with van der Waals surface area (Å²) in [5, 5.41) is 3.35. The zero-order chi connectivity index (χ0) is 14.0. The van der Waals surface area contributed by atoms with Gasteiger partial charge in [0.2, 0.25) is 0 Å². The number of nitrogens with zero attached hydrogens (tertiary/aromatic N) is 1. The molecule has 1 aromatic rings. The van der Waals surface area contributed by atoms with Crippen molar-refractivity contribution in [2.75, 3.05) is 25.0 Å². The fourth-order valence-corrected chi connectivity index (χ4v) is 3.40. The minimum absolute atomic E-state index is 0.230. The minimum atomic E-state index is 0.230. The van der Waals surface area contributed by atoms with Gasteiger partial charge in [0, 0.05) is 17.8 Å². The predicted molar refractivity (Wildman–Crippen MR) is 84.0 cm³/mol. The molecule has 0 bridgehead atoms. The van der Waals surface area contributed by atoms with E-state index in [0.29, 0.717) is 5.92 Å². The molecule has 1 aliphatic heterocycles. The van der Waals surface area contributed by atoms with Gasteiger partial charge in [-0.05, 0) is 57.3 Å². The van der Waals surface area contributed by atoms with Gasteiger partial charge < -0.3 is 10.2 Å². The van der Waals surface area contributed by atoms with Gasteiger partial charge in [-0.3, -0.25) is 0 Å². The molecule has 106 valence electrons. The van der Waals surface area contributed by atoms with Crippen LogP contribution >= 0.6 is 0 Å². The van der Waals surface area contributed by atoms with Crippen molar-refractivity contribution in [2.45, 2.75) is 45.6 Å². The molecule has 0 spiro atoms. The van der Waals surface area contributed by atoms with Crippen LogP contribution in [0.2, 0.25) is 0 Å². The molecule has 1 N–H and O–H groups in total. The zero-order valence-corrected chi connectivity index (χ0v) is 13.0. The molecule has 2 nitrogen and oxygen atoms in total. The third kappa shape index (κ3) is 2.64. The molecule has 1 heterocycles. The quantitative estimate of drug-likeness (QED) is 0.889. The highest BCUT2D eigenvalue weighted by molar-refractivity contribution is 5.57. The van der Waals surface area contributed by atoms with Gasteiger partial charge in [-0.15, -0.1) is 0 Å². The van der Waals surface area contributed by atoms with Gasteiger partial charge in [0.15, 0.2) is 0 Å². The molecule has 0 radical (unpaired) electrons. The summed E-state index contributed by atoms with van der Waals surface area (Å²) >= 11 is 0. The van der Waals surface area contributed by atoms with E-state index < -0.39 is 0 Å². The topological polar surface area (TPSA) is 15.3 Å². The van der Waals surface area contributed by atoms with Crippen molar-refractivity contribution in [3.63, 3.8) is 0 Å². The Kier molecular flexibility index (Phi) is 4.19. The first-order chi connectivity index (χ1) is 8.98. The standard InChI is InChI=1S/C17H28N2/c1-13(2)15-8-6-7-9-16(15)19-11-10-14(12-18-5)17(19,3)4/h6-9,13-14,18H,10-12H2,1-5H3. The maximum Gasteiger partial charge on any atom is 0.0405 e. The highest BCUT2D eigenvalue weighted by Gasteiger charge is 2.41. The summed E-state index contributed by atoms with van der Waals surface area (Å²) in [5.74, 6) is 1.30. The number of nitrogens with one attached hydrogen (secondary N) is 1. The van der Waals surface area contributed by atoms with E-state index in [9.17, 15) is 0 Å². The van der Waals surface area contributed by atoms with Crippen LogP contribution in [0.3, 0.4) is 0 Å². The molecule has 0 saturated carbocycles. The number of hydrogen-bond acceptors (Lipinski definition) is 2. The first-order valence-electron chi connectivity index (χ1n) is 7.49. The Morgan fingerprint density at radius 2 is 2.00 bits per heavy atom. The van der Waals surface area contributed by atoms with Crippen molar-refractivity contribution in [1.82, 2.24) is 5.32 Å². The average Bonchev–Trinajstić information content (AvgIpc) is 2.65. The fraction of sp³-hybridized carbons (Fsp3) is 0.647. The maximum atomic E-state index is 3.35. The van der Waals surface area contributed by atoms with Crippen LogP contribution < -0.4 is 10.2 Å². The Bertz CT molecular complexity index is 423. The molecule has 1 aliphatic rings. The van der Waals surface area contributed by atoms with Crippen LogP contribution in [0, 0.1) is 5.92 Å². The second-order valence-electron chi connectivity index (χ2n) is 6.56. The lowest BCUT2D eigenvalue weighted by molar-refractivity contribution is 0.356. The minimum Gasteiger partial charge on any atom is -0.366 e. The van der Waals surface area contributed by atoms with Crippen molar-refractivity contribution < 1.29 is 0 Å². The Labute approximate surface area is 118 Å². The summed E-state index contributed by atoms with van der Waals surface area (Å²) in [6, 6.07) is 8.90. The summed E-state index contributed by atoms with van der Waals surface area (Å²) < 4.78 is 0. The van der Waals surface area contributed by atoms with Gasteiger partial charge in [-0.1, -0.05) is 32.0 Å². The van der Waals surface area contributed by atoms with Crippen molar-refractivity contribution in [3.8, 4) is 0 Å². The van der Waals surface area contributed by atoms with Gasteiger partial charge in [0.05, 0.1) is 0 Å². The molecular formula is C17H28N2. The van der Waals surface area contributed by atoms with Crippen LogP contribution in [0.5, 0.6) is 0 Å². The van der Waals surface area contributed by atoms with E-state index >= 15 is 0 Å². The van der Waals surface area contributed by atoms with Gasteiger partial charge in [-0.2, -0.15) is 0 Å². The second kappa shape index (κ2) is 5.54. The van der Waals surface area contributed by atoms with Gasteiger partial charge in [0.25, 0.3) is 0 Å². The van der Waals surface area contributed by atoms with Crippen LogP contribution in [0.25, 0.3) is 0 Å². The summed E-state index contributed by atoms with van der Waals surface area (Å²) in [7, 11) is 2.06. The lowest BCUT2D eigenvalue weighted by atomic mass is 9.87. The molecule has 1 atom stereocenters. The summed E-state index contributed by atoms with van der Waals surface area (Å²) in [5.41, 5.74) is 3.13. The number of anilines is 1. The summed E-state index contributed by atoms with van der Waals surface area (Å²) in [4.78, 5) is 2.62. The third-order valence-corrected chi connectivity index (χ3v) is 4.70. The number of hydrogen-bond donors (Lipinski definition) is 1. The normalized spacial score (nSPS) is 22.2. The average molecular weight is 260 g/mol. The SMILES string of the molecule is CNCC1CCN(c2ccccc2C(C)C)C1(C)C. The van der Waals surface area contributed by atoms with Crippen LogP contribution in [-0.4, -0.2) is 25.7 Å². The first kappa shape index (κ1) is 14.4. The van der Waals surface area contributed by atoms with Gasteiger partial charge >= 0.3 is 0 Å². The largest absolute Gasteiger partial charge is 0.366 e. The predicted octanol–water partition coefficient (Wildman–Crippen LogP) is 3.63. The first-order valence-corrected chi connectivity index (χ1v) is 7.49. The molecule has 1 aromatic carbocycles. The molecule has 0 aromatic heterocycles. The smallest absolute Gasteiger partial charge is 0.0405 e. The van der Waals surface area contributed by atoms with Crippen molar-refractivity contribution >= 4 is 5.69 Å². The lowest BCUT2D eigenvalue weighted by Gasteiger charge is -2.39. The van der Waals surface area contributed by atoms with Gasteiger partial charge in [-0.25, -0.2) is 0 Å². The third-order valence-electron chi connectivity index (χ3n) is 4.70. The summed E-state index contributed by atoms with van der Waals surface area (Å²) in [6.07, 6.45) is 1.28. The molecule has 19 heavy (non-hydrogen) atoms. The van der Waals surface area contributed by atoms with E-state index in [1.807, 2.05) is 0 Å². The zero-order valence-electron chi connectivity index (χ0n) is 13.0. The highest BCUT2D eigenvalue weighted by atomic mass is 15.2. The number of benzene rings is 1. The molecule has 0 aliphatic carbocycles. The monoisotopic (exact) mass is 260 g/mol. The number of rotatable bonds is 4. The van der Waals surface area contributed by atoms with E-state index in [2.05, 4.69) is 69.2 Å². The lowest BCUT2D eigenvalue weighted by Crippen LogP contribution is -2.45. The second-order valence-corrected chi connectivity index (χ2v) is 6.56. The molecule has 2 heteroatoms. The van der Waals surface area contributed by atoms with Gasteiger partial charge in [0.1, 0.15) is 0 Å². The van der Waals surface area contributed by atoms with Crippen molar-refractivity contribution in [2.24, 2.45) is 5.92 Å². The highest BCUT2D eigenvalue weighted by Crippen LogP contribution is 2.40. The molecule has 1 fully saturated rings. The van der Waals surface area contributed by atoms with E-state index in [1.165, 1.54) is 24.2 Å². The Morgan fingerprint density at radius 3 is 2.63 bits per heavy atom. The maximum absolute atomic E-state index is 3.35. The van der Waals surface area contributed by atoms with Crippen LogP contribution in [0.1, 0.15) is 45.6 Å². The Hall–Kier alpha value is -1.02. The van der Waals surface area contributed by atoms with Crippen LogP contribution in [0.15, 0.2) is 24.3 Å². The van der Waals surface area contributed by atoms with Crippen LogP contribution in [0.4, 0.5) is 5.69 Å². The molecular weight excluding hydrogens is 232 g/mol. The molecule has 2 rings (SSSR count). The molecule has 1 saturated heterocycles. The van der Waals surface area contributed by atoms with E-state index in [1.54, 1.807) is 0 Å². The summed E-state index contributed by atoms with van der Waals surface area (Å²) in [6.45, 7) is 11.6. The van der Waals surface area contributed by atoms with Crippen molar-refractivity contribution in [3.05, 3.63) is 29.8 Å². The van der Waals surface area contributed by atoms with E-state index in [-0.39, 0.29) is 5.54 Å². The van der Waals surface area contributed by atoms with E-state index in [4.69, 9.17) is 0 Å². The Balaban J connectivity index is 2.33. The van der Waals surface area contributed by atoms with E-state index in [0.717, 1.165) is 12.5 Å². The fourth-order valence-electron chi connectivity index (χ4n) is 3.40. The number of para-hydroxylation sites is 1. The molecule has 1 unspecified atom stereocenters.